The minimum atomic E-state index is 0.487. The highest BCUT2D eigenvalue weighted by molar-refractivity contribution is 5.44. The Labute approximate surface area is 100 Å². The lowest BCUT2D eigenvalue weighted by Gasteiger charge is -2.06. The van der Waals surface area contributed by atoms with Gasteiger partial charge in [-0.15, -0.1) is 0 Å². The first kappa shape index (κ1) is 11.3. The Kier molecular flexibility index (Phi) is 3.49. The lowest BCUT2D eigenvalue weighted by Crippen LogP contribution is -2.08. The molecule has 0 spiro atoms. The molecule has 2 aromatic rings. The van der Waals surface area contributed by atoms with E-state index in [0.717, 1.165) is 18.8 Å². The Balaban J connectivity index is 1.90. The van der Waals surface area contributed by atoms with Crippen LogP contribution in [0, 0.1) is 6.92 Å². The van der Waals surface area contributed by atoms with Gasteiger partial charge in [0.25, 0.3) is 0 Å². The Morgan fingerprint density at radius 3 is 2.94 bits per heavy atom. The molecule has 2 rings (SSSR count). The first-order chi connectivity index (χ1) is 8.24. The fraction of sp³-hybridized carbons (Fsp3) is 0.250. The topological polar surface area (TPSA) is 76.7 Å². The fourth-order valence-corrected chi connectivity index (χ4v) is 1.56. The SMILES string of the molecule is Cc1nc(N)cc(NCCc2cccnc2)n1. The molecule has 0 unspecified atom stereocenters. The second-order valence-corrected chi connectivity index (χ2v) is 3.76. The van der Waals surface area contributed by atoms with E-state index >= 15 is 0 Å². The van der Waals surface area contributed by atoms with Crippen LogP contribution < -0.4 is 11.1 Å². The van der Waals surface area contributed by atoms with Crippen LogP contribution in [0.3, 0.4) is 0 Å². The van der Waals surface area contributed by atoms with Gasteiger partial charge in [-0.25, -0.2) is 9.97 Å². The van der Waals surface area contributed by atoms with Crippen LogP contribution in [0.4, 0.5) is 11.6 Å². The van der Waals surface area contributed by atoms with E-state index in [1.54, 1.807) is 12.3 Å². The molecule has 0 saturated carbocycles. The van der Waals surface area contributed by atoms with Crippen molar-refractivity contribution in [3.63, 3.8) is 0 Å². The van der Waals surface area contributed by atoms with Gasteiger partial charge in [0.05, 0.1) is 0 Å². The molecular formula is C12H15N5. The summed E-state index contributed by atoms with van der Waals surface area (Å²) in [7, 11) is 0. The number of aryl methyl sites for hydroxylation is 1. The zero-order valence-electron chi connectivity index (χ0n) is 9.72. The molecule has 0 aliphatic heterocycles. The van der Waals surface area contributed by atoms with Crippen LogP contribution in [0.25, 0.3) is 0 Å². The van der Waals surface area contributed by atoms with E-state index in [4.69, 9.17) is 5.73 Å². The molecule has 3 N–H and O–H groups in total. The van der Waals surface area contributed by atoms with Crippen LogP contribution in [-0.4, -0.2) is 21.5 Å². The van der Waals surface area contributed by atoms with Gasteiger partial charge in [0, 0.05) is 25.0 Å². The molecule has 2 aromatic heterocycles. The average molecular weight is 229 g/mol. The van der Waals surface area contributed by atoms with E-state index in [1.165, 1.54) is 5.56 Å². The number of nitrogen functional groups attached to an aromatic ring is 1. The number of pyridine rings is 1. The van der Waals surface area contributed by atoms with Crippen molar-refractivity contribution in [3.05, 3.63) is 42.0 Å². The van der Waals surface area contributed by atoms with Crippen LogP contribution in [-0.2, 0) is 6.42 Å². The summed E-state index contributed by atoms with van der Waals surface area (Å²) < 4.78 is 0. The van der Waals surface area contributed by atoms with Crippen LogP contribution in [0.1, 0.15) is 11.4 Å². The van der Waals surface area contributed by atoms with Crippen molar-refractivity contribution in [2.24, 2.45) is 0 Å². The minimum absolute atomic E-state index is 0.487. The van der Waals surface area contributed by atoms with Crippen molar-refractivity contribution in [1.82, 2.24) is 15.0 Å². The van der Waals surface area contributed by atoms with Crippen molar-refractivity contribution in [3.8, 4) is 0 Å². The van der Waals surface area contributed by atoms with E-state index in [-0.39, 0.29) is 0 Å². The highest BCUT2D eigenvalue weighted by atomic mass is 15.0. The first-order valence-electron chi connectivity index (χ1n) is 5.48. The largest absolute Gasteiger partial charge is 0.384 e. The standard InChI is InChI=1S/C12H15N5/c1-9-16-11(13)7-12(17-9)15-6-4-10-3-2-5-14-8-10/h2-3,5,7-8H,4,6H2,1H3,(H3,13,15,16,17). The zero-order valence-corrected chi connectivity index (χ0v) is 9.72. The summed E-state index contributed by atoms with van der Waals surface area (Å²) in [5, 5.41) is 3.22. The van der Waals surface area contributed by atoms with E-state index in [0.29, 0.717) is 11.6 Å². The highest BCUT2D eigenvalue weighted by Gasteiger charge is 1.98. The molecule has 88 valence electrons. The molecule has 17 heavy (non-hydrogen) atoms. The quantitative estimate of drug-likeness (QED) is 0.829. The van der Waals surface area contributed by atoms with Gasteiger partial charge in [0.1, 0.15) is 17.5 Å². The van der Waals surface area contributed by atoms with Crippen LogP contribution in [0.2, 0.25) is 0 Å². The highest BCUT2D eigenvalue weighted by Crippen LogP contribution is 2.07. The monoisotopic (exact) mass is 229 g/mol. The van der Waals surface area contributed by atoms with Gasteiger partial charge in [-0.3, -0.25) is 4.98 Å². The lowest BCUT2D eigenvalue weighted by atomic mass is 10.2. The number of nitrogens with two attached hydrogens (primary N) is 1. The normalized spacial score (nSPS) is 10.2. The molecular weight excluding hydrogens is 214 g/mol. The molecule has 0 bridgehead atoms. The molecule has 5 nitrogen and oxygen atoms in total. The molecule has 0 radical (unpaired) electrons. The summed E-state index contributed by atoms with van der Waals surface area (Å²) >= 11 is 0. The smallest absolute Gasteiger partial charge is 0.131 e. The van der Waals surface area contributed by atoms with E-state index < -0.39 is 0 Å². The van der Waals surface area contributed by atoms with Gasteiger partial charge in [0.2, 0.25) is 0 Å². The van der Waals surface area contributed by atoms with Crippen molar-refractivity contribution < 1.29 is 0 Å². The number of anilines is 2. The maximum Gasteiger partial charge on any atom is 0.131 e. The third-order valence-electron chi connectivity index (χ3n) is 2.30. The van der Waals surface area contributed by atoms with Crippen LogP contribution in [0.5, 0.6) is 0 Å². The van der Waals surface area contributed by atoms with Gasteiger partial charge in [-0.05, 0) is 25.0 Å². The molecule has 0 saturated heterocycles. The third kappa shape index (κ3) is 3.41. The molecule has 0 aliphatic rings. The number of hydrogen-bond acceptors (Lipinski definition) is 5. The Hall–Kier alpha value is -2.17. The van der Waals surface area contributed by atoms with Crippen molar-refractivity contribution in [2.75, 3.05) is 17.6 Å². The summed E-state index contributed by atoms with van der Waals surface area (Å²) in [6.45, 7) is 2.62. The average Bonchev–Trinajstić information content (AvgIpc) is 2.29. The predicted molar refractivity (Wildman–Crippen MR) is 67.6 cm³/mol. The van der Waals surface area contributed by atoms with E-state index in [9.17, 15) is 0 Å². The number of nitrogens with one attached hydrogen (secondary N) is 1. The Morgan fingerprint density at radius 1 is 1.35 bits per heavy atom. The third-order valence-corrected chi connectivity index (χ3v) is 2.30. The summed E-state index contributed by atoms with van der Waals surface area (Å²) in [4.78, 5) is 12.3. The number of hydrogen-bond donors (Lipinski definition) is 2. The predicted octanol–water partition coefficient (Wildman–Crippen LogP) is 1.42. The van der Waals surface area contributed by atoms with Crippen LogP contribution >= 0.6 is 0 Å². The zero-order chi connectivity index (χ0) is 12.1. The second kappa shape index (κ2) is 5.25. The molecule has 5 heteroatoms. The molecule has 0 aliphatic carbocycles. The summed E-state index contributed by atoms with van der Waals surface area (Å²) in [6.07, 6.45) is 4.53. The van der Waals surface area contributed by atoms with Gasteiger partial charge in [0.15, 0.2) is 0 Å². The maximum atomic E-state index is 5.64. The first-order valence-corrected chi connectivity index (χ1v) is 5.48. The minimum Gasteiger partial charge on any atom is -0.384 e. The van der Waals surface area contributed by atoms with Gasteiger partial charge in [-0.2, -0.15) is 0 Å². The molecule has 0 atom stereocenters. The Bertz CT molecular complexity index is 463. The molecule has 0 aromatic carbocycles. The van der Waals surface area contributed by atoms with Crippen molar-refractivity contribution >= 4 is 11.6 Å². The van der Waals surface area contributed by atoms with Crippen molar-refractivity contribution in [2.45, 2.75) is 13.3 Å². The molecule has 0 fully saturated rings. The Morgan fingerprint density at radius 2 is 2.24 bits per heavy atom. The van der Waals surface area contributed by atoms with E-state index in [1.807, 2.05) is 25.3 Å². The van der Waals surface area contributed by atoms with Gasteiger partial charge >= 0.3 is 0 Å². The molecule has 0 amide bonds. The van der Waals surface area contributed by atoms with E-state index in [2.05, 4.69) is 20.3 Å². The van der Waals surface area contributed by atoms with Gasteiger partial charge in [-0.1, -0.05) is 6.07 Å². The maximum absolute atomic E-state index is 5.64. The summed E-state index contributed by atoms with van der Waals surface area (Å²) in [5.41, 5.74) is 6.83. The lowest BCUT2D eigenvalue weighted by molar-refractivity contribution is 0.976. The summed E-state index contributed by atoms with van der Waals surface area (Å²) in [6, 6.07) is 5.71. The van der Waals surface area contributed by atoms with Gasteiger partial charge < -0.3 is 11.1 Å². The fourth-order valence-electron chi connectivity index (χ4n) is 1.56. The number of nitrogens with zero attached hydrogens (tertiary/aromatic N) is 3. The number of aromatic nitrogens is 3. The second-order valence-electron chi connectivity index (χ2n) is 3.76. The molecule has 2 heterocycles. The number of rotatable bonds is 4. The summed E-state index contributed by atoms with van der Waals surface area (Å²) in [5.74, 6) is 1.93. The van der Waals surface area contributed by atoms with Crippen LogP contribution in [0.15, 0.2) is 30.6 Å². The van der Waals surface area contributed by atoms with Crippen molar-refractivity contribution in [1.29, 1.82) is 0 Å².